The molecule has 124 valence electrons. The first-order chi connectivity index (χ1) is 12.2. The van der Waals surface area contributed by atoms with Gasteiger partial charge >= 0.3 is 0 Å². The number of pyridine rings is 2. The summed E-state index contributed by atoms with van der Waals surface area (Å²) in [5.41, 5.74) is 4.77. The second-order valence-electron chi connectivity index (χ2n) is 6.01. The van der Waals surface area contributed by atoms with Crippen LogP contribution in [-0.2, 0) is 11.5 Å². The average molecular weight is 347 g/mol. The Morgan fingerprint density at radius 3 is 2.88 bits per heavy atom. The Bertz CT molecular complexity index is 1120. The zero-order valence-electron chi connectivity index (χ0n) is 13.8. The average Bonchev–Trinajstić information content (AvgIpc) is 2.63. The van der Waals surface area contributed by atoms with Gasteiger partial charge in [0, 0.05) is 35.4 Å². The lowest BCUT2D eigenvalue weighted by Gasteiger charge is -2.07. The van der Waals surface area contributed by atoms with Gasteiger partial charge in [0.05, 0.1) is 11.2 Å². The first kappa shape index (κ1) is 15.8. The van der Waals surface area contributed by atoms with Crippen LogP contribution in [0.1, 0.15) is 16.8 Å². The van der Waals surface area contributed by atoms with Crippen molar-refractivity contribution >= 4 is 28.3 Å². The number of rotatable bonds is 4. The molecule has 0 amide bonds. The fraction of sp³-hybridized carbons (Fsp3) is 0.150. The monoisotopic (exact) mass is 347 g/mol. The number of fused-ring (bicyclic) bond motifs is 2. The molecule has 4 nitrogen and oxygen atoms in total. The summed E-state index contributed by atoms with van der Waals surface area (Å²) in [6.07, 6.45) is 3.65. The van der Waals surface area contributed by atoms with Crippen molar-refractivity contribution in [3.8, 4) is 0 Å². The lowest BCUT2D eigenvalue weighted by molar-refractivity contribution is 1.00. The summed E-state index contributed by atoms with van der Waals surface area (Å²) in [6, 6.07) is 15.7. The SMILES string of the molecule is Cc1ccc2nc(CSCc3cccc4cccnc34)cc(=O)n2c1. The van der Waals surface area contributed by atoms with Crippen LogP contribution in [0.2, 0.25) is 0 Å². The van der Waals surface area contributed by atoms with E-state index in [1.807, 2.05) is 37.5 Å². The van der Waals surface area contributed by atoms with Gasteiger partial charge in [0.15, 0.2) is 0 Å². The third-order valence-corrected chi connectivity index (χ3v) is 5.10. The van der Waals surface area contributed by atoms with Gasteiger partial charge in [-0.05, 0) is 30.2 Å². The number of para-hydroxylation sites is 1. The molecule has 0 N–H and O–H groups in total. The number of thioether (sulfide) groups is 1. The molecule has 0 unspecified atom stereocenters. The van der Waals surface area contributed by atoms with Crippen LogP contribution in [0.3, 0.4) is 0 Å². The highest BCUT2D eigenvalue weighted by molar-refractivity contribution is 7.97. The number of hydrogen-bond donors (Lipinski definition) is 0. The highest BCUT2D eigenvalue weighted by Crippen LogP contribution is 2.22. The largest absolute Gasteiger partial charge is 0.269 e. The fourth-order valence-electron chi connectivity index (χ4n) is 2.88. The Balaban J connectivity index is 1.54. The van der Waals surface area contributed by atoms with Gasteiger partial charge in [-0.2, -0.15) is 11.8 Å². The minimum absolute atomic E-state index is 0.0314. The topological polar surface area (TPSA) is 47.3 Å². The van der Waals surface area contributed by atoms with Gasteiger partial charge in [-0.25, -0.2) is 4.98 Å². The van der Waals surface area contributed by atoms with Gasteiger partial charge in [0.25, 0.3) is 5.56 Å². The van der Waals surface area contributed by atoms with E-state index in [2.05, 4.69) is 34.2 Å². The Morgan fingerprint density at radius 1 is 1.08 bits per heavy atom. The van der Waals surface area contributed by atoms with E-state index in [-0.39, 0.29) is 5.56 Å². The standard InChI is InChI=1S/C20H17N3OS/c1-14-7-8-18-22-17(10-19(24)23(18)11-14)13-25-12-16-5-2-4-15-6-3-9-21-20(15)16/h2-11H,12-13H2,1H3. The van der Waals surface area contributed by atoms with Gasteiger partial charge in [0.2, 0.25) is 0 Å². The molecular weight excluding hydrogens is 330 g/mol. The summed E-state index contributed by atoms with van der Waals surface area (Å²) in [4.78, 5) is 21.3. The van der Waals surface area contributed by atoms with Crippen LogP contribution in [0, 0.1) is 6.92 Å². The molecule has 25 heavy (non-hydrogen) atoms. The van der Waals surface area contributed by atoms with E-state index in [4.69, 9.17) is 0 Å². The molecule has 0 fully saturated rings. The summed E-state index contributed by atoms with van der Waals surface area (Å²) in [5.74, 6) is 1.53. The zero-order chi connectivity index (χ0) is 17.2. The first-order valence-corrected chi connectivity index (χ1v) is 9.25. The van der Waals surface area contributed by atoms with Crippen LogP contribution < -0.4 is 5.56 Å². The van der Waals surface area contributed by atoms with Crippen molar-refractivity contribution < 1.29 is 0 Å². The Labute approximate surface area is 149 Å². The number of aromatic nitrogens is 3. The van der Waals surface area contributed by atoms with Crippen LogP contribution in [0.25, 0.3) is 16.6 Å². The molecule has 4 rings (SSSR count). The molecule has 4 aromatic rings. The molecule has 0 saturated heterocycles. The minimum Gasteiger partial charge on any atom is -0.269 e. The molecule has 3 aromatic heterocycles. The lowest BCUT2D eigenvalue weighted by Crippen LogP contribution is -2.15. The van der Waals surface area contributed by atoms with E-state index in [0.717, 1.165) is 27.9 Å². The lowest BCUT2D eigenvalue weighted by atomic mass is 10.1. The molecule has 5 heteroatoms. The van der Waals surface area contributed by atoms with E-state index in [1.54, 1.807) is 22.2 Å². The quantitative estimate of drug-likeness (QED) is 0.560. The van der Waals surface area contributed by atoms with E-state index in [9.17, 15) is 4.79 Å². The second-order valence-corrected chi connectivity index (χ2v) is 6.99. The van der Waals surface area contributed by atoms with Gasteiger partial charge < -0.3 is 0 Å². The molecule has 0 radical (unpaired) electrons. The van der Waals surface area contributed by atoms with Crippen molar-refractivity contribution in [2.24, 2.45) is 0 Å². The van der Waals surface area contributed by atoms with Crippen LogP contribution in [0.15, 0.2) is 65.7 Å². The summed E-state index contributed by atoms with van der Waals surface area (Å²) in [5, 5.41) is 1.15. The summed E-state index contributed by atoms with van der Waals surface area (Å²) < 4.78 is 1.60. The van der Waals surface area contributed by atoms with E-state index >= 15 is 0 Å². The number of hydrogen-bond acceptors (Lipinski definition) is 4. The first-order valence-electron chi connectivity index (χ1n) is 8.10. The molecule has 0 atom stereocenters. The van der Waals surface area contributed by atoms with Crippen LogP contribution in [0.4, 0.5) is 0 Å². The maximum absolute atomic E-state index is 12.3. The van der Waals surface area contributed by atoms with Crippen molar-refractivity contribution in [3.05, 3.63) is 88.1 Å². The van der Waals surface area contributed by atoms with Crippen molar-refractivity contribution in [3.63, 3.8) is 0 Å². The van der Waals surface area contributed by atoms with Crippen LogP contribution in [-0.4, -0.2) is 14.4 Å². The predicted molar refractivity (Wildman–Crippen MR) is 103 cm³/mol. The highest BCUT2D eigenvalue weighted by Gasteiger charge is 2.05. The van der Waals surface area contributed by atoms with Crippen molar-refractivity contribution in [1.29, 1.82) is 0 Å². The molecule has 1 aromatic carbocycles. The Hall–Kier alpha value is -2.66. The van der Waals surface area contributed by atoms with E-state index < -0.39 is 0 Å². The molecular formula is C20H17N3OS. The third kappa shape index (κ3) is 3.28. The summed E-state index contributed by atoms with van der Waals surface area (Å²) in [6.45, 7) is 1.97. The normalized spacial score (nSPS) is 11.2. The number of aryl methyl sites for hydroxylation is 1. The van der Waals surface area contributed by atoms with E-state index in [0.29, 0.717) is 11.4 Å². The minimum atomic E-state index is -0.0314. The molecule has 0 bridgehead atoms. The molecule has 3 heterocycles. The second kappa shape index (κ2) is 6.69. The molecule has 0 aliphatic carbocycles. The van der Waals surface area contributed by atoms with E-state index in [1.165, 1.54) is 5.56 Å². The predicted octanol–water partition coefficient (Wildman–Crippen LogP) is 3.98. The number of benzene rings is 1. The molecule has 0 aliphatic heterocycles. The molecule has 0 saturated carbocycles. The van der Waals surface area contributed by atoms with Gasteiger partial charge in [-0.3, -0.25) is 14.2 Å². The Kier molecular flexibility index (Phi) is 4.24. The Morgan fingerprint density at radius 2 is 1.96 bits per heavy atom. The van der Waals surface area contributed by atoms with Crippen LogP contribution in [0.5, 0.6) is 0 Å². The number of nitrogens with zero attached hydrogens (tertiary/aromatic N) is 3. The van der Waals surface area contributed by atoms with Gasteiger partial charge in [0.1, 0.15) is 5.65 Å². The van der Waals surface area contributed by atoms with Crippen molar-refractivity contribution in [2.45, 2.75) is 18.4 Å². The summed E-state index contributed by atoms with van der Waals surface area (Å²) in [7, 11) is 0. The van der Waals surface area contributed by atoms with Gasteiger partial charge in [-0.15, -0.1) is 0 Å². The molecule has 0 spiro atoms. The maximum atomic E-state index is 12.3. The fourth-order valence-corrected chi connectivity index (χ4v) is 3.79. The summed E-state index contributed by atoms with van der Waals surface area (Å²) >= 11 is 1.74. The smallest absolute Gasteiger partial charge is 0.258 e. The maximum Gasteiger partial charge on any atom is 0.258 e. The third-order valence-electron chi connectivity index (χ3n) is 4.08. The van der Waals surface area contributed by atoms with Crippen LogP contribution >= 0.6 is 11.8 Å². The molecule has 0 aliphatic rings. The highest BCUT2D eigenvalue weighted by atomic mass is 32.2. The van der Waals surface area contributed by atoms with Crippen molar-refractivity contribution in [2.75, 3.05) is 0 Å². The zero-order valence-corrected chi connectivity index (χ0v) is 14.7. The van der Waals surface area contributed by atoms with Gasteiger partial charge in [-0.1, -0.05) is 30.3 Å². The van der Waals surface area contributed by atoms with Crippen molar-refractivity contribution in [1.82, 2.24) is 14.4 Å².